The van der Waals surface area contributed by atoms with Crippen LogP contribution in [0.3, 0.4) is 0 Å². The Morgan fingerprint density at radius 1 is 1.10 bits per heavy atom. The second kappa shape index (κ2) is 6.84. The SMILES string of the molecule is CC(=O)NCc1ccccc1C=Nc1c(C)cccc1C. The zero-order valence-electron chi connectivity index (χ0n) is 12.7. The first kappa shape index (κ1) is 15.0. The Hall–Kier alpha value is -2.42. The van der Waals surface area contributed by atoms with Crippen LogP contribution in [-0.4, -0.2) is 12.1 Å². The van der Waals surface area contributed by atoms with Gasteiger partial charge in [-0.1, -0.05) is 42.5 Å². The Labute approximate surface area is 125 Å². The van der Waals surface area contributed by atoms with Gasteiger partial charge in [0.2, 0.25) is 5.91 Å². The highest BCUT2D eigenvalue weighted by Crippen LogP contribution is 2.23. The molecule has 3 nitrogen and oxygen atoms in total. The van der Waals surface area contributed by atoms with Crippen LogP contribution < -0.4 is 5.32 Å². The first-order chi connectivity index (χ1) is 10.1. The third-order valence-electron chi connectivity index (χ3n) is 3.36. The summed E-state index contributed by atoms with van der Waals surface area (Å²) in [5.41, 5.74) is 5.40. The van der Waals surface area contributed by atoms with Crippen molar-refractivity contribution in [2.75, 3.05) is 0 Å². The number of carbonyl (C=O) groups excluding carboxylic acids is 1. The average Bonchev–Trinajstić information content (AvgIpc) is 2.45. The van der Waals surface area contributed by atoms with E-state index in [4.69, 9.17) is 0 Å². The molecule has 2 aromatic rings. The number of nitrogens with one attached hydrogen (secondary N) is 1. The van der Waals surface area contributed by atoms with E-state index in [0.717, 1.165) is 27.9 Å². The Morgan fingerprint density at radius 2 is 1.76 bits per heavy atom. The van der Waals surface area contributed by atoms with E-state index in [-0.39, 0.29) is 5.91 Å². The molecule has 3 heteroatoms. The van der Waals surface area contributed by atoms with Gasteiger partial charge >= 0.3 is 0 Å². The summed E-state index contributed by atoms with van der Waals surface area (Å²) in [5.74, 6) is -0.0310. The van der Waals surface area contributed by atoms with E-state index >= 15 is 0 Å². The summed E-state index contributed by atoms with van der Waals surface area (Å²) < 4.78 is 0. The summed E-state index contributed by atoms with van der Waals surface area (Å²) in [6.07, 6.45) is 1.87. The van der Waals surface area contributed by atoms with Gasteiger partial charge in [0.15, 0.2) is 0 Å². The molecule has 0 aromatic heterocycles. The monoisotopic (exact) mass is 280 g/mol. The number of carbonyl (C=O) groups is 1. The number of amides is 1. The molecule has 21 heavy (non-hydrogen) atoms. The topological polar surface area (TPSA) is 41.5 Å². The molecule has 0 heterocycles. The summed E-state index contributed by atoms with van der Waals surface area (Å²) in [7, 11) is 0. The van der Waals surface area contributed by atoms with Crippen molar-refractivity contribution in [3.63, 3.8) is 0 Å². The third-order valence-corrected chi connectivity index (χ3v) is 3.36. The van der Waals surface area contributed by atoms with Crippen LogP contribution in [0.1, 0.15) is 29.2 Å². The minimum absolute atomic E-state index is 0.0310. The second-order valence-electron chi connectivity index (χ2n) is 5.11. The molecule has 0 fully saturated rings. The summed E-state index contributed by atoms with van der Waals surface area (Å²) in [6, 6.07) is 14.1. The standard InChI is InChI=1S/C18H20N2O/c1-13-7-6-8-14(2)18(13)20-12-17-10-5-4-9-16(17)11-19-15(3)21/h4-10,12H,11H2,1-3H3,(H,19,21). The second-order valence-corrected chi connectivity index (χ2v) is 5.11. The minimum Gasteiger partial charge on any atom is -0.352 e. The molecule has 0 aliphatic carbocycles. The Balaban J connectivity index is 2.27. The van der Waals surface area contributed by atoms with Crippen LogP contribution in [0, 0.1) is 13.8 Å². The molecule has 2 rings (SSSR count). The van der Waals surface area contributed by atoms with Crippen LogP contribution in [0.25, 0.3) is 0 Å². The molecule has 1 N–H and O–H groups in total. The van der Waals surface area contributed by atoms with Crippen LogP contribution in [-0.2, 0) is 11.3 Å². The van der Waals surface area contributed by atoms with E-state index in [1.165, 1.54) is 6.92 Å². The maximum absolute atomic E-state index is 11.1. The summed E-state index contributed by atoms with van der Waals surface area (Å²) in [6.45, 7) is 6.16. The van der Waals surface area contributed by atoms with Gasteiger partial charge in [0, 0.05) is 19.7 Å². The maximum Gasteiger partial charge on any atom is 0.217 e. The van der Waals surface area contributed by atoms with E-state index in [1.54, 1.807) is 0 Å². The summed E-state index contributed by atoms with van der Waals surface area (Å²) >= 11 is 0. The number of hydrogen-bond donors (Lipinski definition) is 1. The van der Waals surface area contributed by atoms with Crippen LogP contribution >= 0.6 is 0 Å². The van der Waals surface area contributed by atoms with Gasteiger partial charge in [0.25, 0.3) is 0 Å². The number of aryl methyl sites for hydroxylation is 2. The fourth-order valence-corrected chi connectivity index (χ4v) is 2.18. The average molecular weight is 280 g/mol. The maximum atomic E-state index is 11.1. The molecule has 108 valence electrons. The Morgan fingerprint density at radius 3 is 2.43 bits per heavy atom. The van der Waals surface area contributed by atoms with Gasteiger partial charge < -0.3 is 5.32 Å². The lowest BCUT2D eigenvalue weighted by atomic mass is 10.1. The molecule has 0 saturated heterocycles. The van der Waals surface area contributed by atoms with Crippen LogP contribution in [0.4, 0.5) is 5.69 Å². The Bertz CT molecular complexity index is 654. The molecular formula is C18H20N2O. The first-order valence-electron chi connectivity index (χ1n) is 7.00. The summed E-state index contributed by atoms with van der Waals surface area (Å²) in [5, 5.41) is 2.82. The minimum atomic E-state index is -0.0310. The van der Waals surface area contributed by atoms with Crippen molar-refractivity contribution in [2.24, 2.45) is 4.99 Å². The predicted octanol–water partition coefficient (Wildman–Crippen LogP) is 3.69. The molecular weight excluding hydrogens is 260 g/mol. The van der Waals surface area contributed by atoms with Crippen LogP contribution in [0.15, 0.2) is 47.5 Å². The van der Waals surface area contributed by atoms with E-state index in [2.05, 4.69) is 36.3 Å². The zero-order valence-corrected chi connectivity index (χ0v) is 12.7. The highest BCUT2D eigenvalue weighted by Gasteiger charge is 2.02. The molecule has 0 unspecified atom stereocenters. The third kappa shape index (κ3) is 4.02. The molecule has 0 saturated carbocycles. The fraction of sp³-hybridized carbons (Fsp3) is 0.222. The number of nitrogens with zero attached hydrogens (tertiary/aromatic N) is 1. The molecule has 2 aromatic carbocycles. The molecule has 1 amide bonds. The number of rotatable bonds is 4. The lowest BCUT2D eigenvalue weighted by Crippen LogP contribution is -2.19. The largest absolute Gasteiger partial charge is 0.352 e. The van der Waals surface area contributed by atoms with Gasteiger partial charge in [-0.05, 0) is 36.1 Å². The van der Waals surface area contributed by atoms with E-state index in [1.807, 2.05) is 36.5 Å². The van der Waals surface area contributed by atoms with Gasteiger partial charge in [0.05, 0.1) is 5.69 Å². The molecule has 0 spiro atoms. The van der Waals surface area contributed by atoms with Gasteiger partial charge in [0.1, 0.15) is 0 Å². The lowest BCUT2D eigenvalue weighted by molar-refractivity contribution is -0.119. The van der Waals surface area contributed by atoms with Crippen molar-refractivity contribution in [3.05, 3.63) is 64.7 Å². The van der Waals surface area contributed by atoms with Crippen molar-refractivity contribution < 1.29 is 4.79 Å². The number of hydrogen-bond acceptors (Lipinski definition) is 2. The van der Waals surface area contributed by atoms with Crippen molar-refractivity contribution in [2.45, 2.75) is 27.3 Å². The Kier molecular flexibility index (Phi) is 4.88. The smallest absolute Gasteiger partial charge is 0.217 e. The quantitative estimate of drug-likeness (QED) is 0.853. The highest BCUT2D eigenvalue weighted by atomic mass is 16.1. The van der Waals surface area contributed by atoms with Crippen molar-refractivity contribution >= 4 is 17.8 Å². The highest BCUT2D eigenvalue weighted by molar-refractivity contribution is 5.84. The van der Waals surface area contributed by atoms with Gasteiger partial charge in [-0.15, -0.1) is 0 Å². The zero-order chi connectivity index (χ0) is 15.2. The van der Waals surface area contributed by atoms with Gasteiger partial charge in [-0.2, -0.15) is 0 Å². The predicted molar refractivity (Wildman–Crippen MR) is 87.1 cm³/mol. The number of aliphatic imine (C=N–C) groups is 1. The number of para-hydroxylation sites is 1. The molecule has 0 atom stereocenters. The van der Waals surface area contributed by atoms with E-state index in [0.29, 0.717) is 6.54 Å². The van der Waals surface area contributed by atoms with Gasteiger partial charge in [-0.25, -0.2) is 0 Å². The molecule has 0 radical (unpaired) electrons. The lowest BCUT2D eigenvalue weighted by Gasteiger charge is -2.07. The summed E-state index contributed by atoms with van der Waals surface area (Å²) in [4.78, 5) is 15.7. The fourth-order valence-electron chi connectivity index (χ4n) is 2.18. The van der Waals surface area contributed by atoms with Crippen molar-refractivity contribution in [1.29, 1.82) is 0 Å². The molecule has 0 aliphatic rings. The van der Waals surface area contributed by atoms with Crippen molar-refractivity contribution in [1.82, 2.24) is 5.32 Å². The van der Waals surface area contributed by atoms with Crippen LogP contribution in [0.5, 0.6) is 0 Å². The normalized spacial score (nSPS) is 10.8. The number of benzene rings is 2. The van der Waals surface area contributed by atoms with Gasteiger partial charge in [-0.3, -0.25) is 9.79 Å². The van der Waals surface area contributed by atoms with E-state index in [9.17, 15) is 4.79 Å². The molecule has 0 bridgehead atoms. The molecule has 0 aliphatic heterocycles. The van der Waals surface area contributed by atoms with Crippen molar-refractivity contribution in [3.8, 4) is 0 Å². The first-order valence-corrected chi connectivity index (χ1v) is 7.00. The van der Waals surface area contributed by atoms with E-state index < -0.39 is 0 Å². The van der Waals surface area contributed by atoms with Crippen LogP contribution in [0.2, 0.25) is 0 Å².